The molecular weight excluding hydrogens is 803 g/mol. The largest absolute Gasteiger partial charge is 1.00 e. The number of hydrogen-bond donors (Lipinski definition) is 4. The summed E-state index contributed by atoms with van der Waals surface area (Å²) >= 11 is 0. The smallest absolute Gasteiger partial charge is 1.00 e. The molecule has 60 heavy (non-hydrogen) atoms. The van der Waals surface area contributed by atoms with Crippen molar-refractivity contribution in [3.63, 3.8) is 0 Å². The molecule has 0 aliphatic carbocycles. The normalized spacial score (nSPS) is 13.9. The second-order valence-electron chi connectivity index (χ2n) is 16.2. The number of benzene rings is 4. The van der Waals surface area contributed by atoms with E-state index in [1.165, 1.54) is 24.3 Å². The van der Waals surface area contributed by atoms with Crippen molar-refractivity contribution in [1.29, 1.82) is 0 Å². The Bertz CT molecular complexity index is 2030. The Morgan fingerprint density at radius 2 is 1.02 bits per heavy atom. The molecule has 6 rings (SSSR count). The summed E-state index contributed by atoms with van der Waals surface area (Å²) in [5.41, 5.74) is 4.44. The number of nitrogens with one attached hydrogen (secondary N) is 2. The Kier molecular flexibility index (Phi) is 17.8. The van der Waals surface area contributed by atoms with Gasteiger partial charge < -0.3 is 50.4 Å². The molecular formula is C43H57B2F2KN2O10. The van der Waals surface area contributed by atoms with Crippen molar-refractivity contribution in [2.24, 2.45) is 0 Å². The zero-order valence-corrected chi connectivity index (χ0v) is 38.5. The first kappa shape index (κ1) is 50.8. The van der Waals surface area contributed by atoms with Crippen LogP contribution in [0.1, 0.15) is 111 Å². The molecule has 0 radical (unpaired) electrons. The third-order valence-corrected chi connectivity index (χ3v) is 9.22. The molecule has 17 heteroatoms. The van der Waals surface area contributed by atoms with Crippen LogP contribution < -0.4 is 82.4 Å². The van der Waals surface area contributed by atoms with E-state index in [2.05, 4.69) is 10.6 Å². The van der Waals surface area contributed by atoms with E-state index in [0.717, 1.165) is 11.1 Å². The molecule has 4 aromatic rings. The summed E-state index contributed by atoms with van der Waals surface area (Å²) in [6.07, 6.45) is -1.14. The fraction of sp³-hybridized carbons (Fsp3) is 0.395. The topological polar surface area (TPSA) is 154 Å². The van der Waals surface area contributed by atoms with Crippen molar-refractivity contribution in [2.75, 3.05) is 0 Å². The Morgan fingerprint density at radius 1 is 0.683 bits per heavy atom. The van der Waals surface area contributed by atoms with Crippen LogP contribution in [-0.4, -0.2) is 47.7 Å². The molecule has 0 fully saturated rings. The van der Waals surface area contributed by atoms with Gasteiger partial charge in [-0.1, -0.05) is 31.7 Å². The van der Waals surface area contributed by atoms with Crippen molar-refractivity contribution in [3.05, 3.63) is 106 Å². The van der Waals surface area contributed by atoms with Gasteiger partial charge in [0.25, 0.3) is 0 Å². The average Bonchev–Trinajstić information content (AvgIpc) is 3.69. The molecule has 320 valence electrons. The van der Waals surface area contributed by atoms with Gasteiger partial charge >= 0.3 is 77.8 Å². The van der Waals surface area contributed by atoms with Crippen molar-refractivity contribution >= 4 is 37.3 Å². The minimum Gasteiger partial charge on any atom is -1.00 e. The van der Waals surface area contributed by atoms with E-state index in [0.29, 0.717) is 57.9 Å². The predicted octanol–water partition coefficient (Wildman–Crippen LogP) is 5.46. The molecule has 2 amide bonds. The summed E-state index contributed by atoms with van der Waals surface area (Å²) in [7, 11) is -2.00. The summed E-state index contributed by atoms with van der Waals surface area (Å²) in [5, 5.41) is 25.3. The summed E-state index contributed by atoms with van der Waals surface area (Å²) in [6, 6.07) is 15.2. The first-order valence-corrected chi connectivity index (χ1v) is 18.9. The van der Waals surface area contributed by atoms with Crippen LogP contribution in [0.2, 0.25) is 0 Å². The first-order valence-electron chi connectivity index (χ1n) is 18.9. The Hall–Kier alpha value is -3.51. The predicted molar refractivity (Wildman–Crippen MR) is 226 cm³/mol. The Labute approximate surface area is 397 Å². The van der Waals surface area contributed by atoms with Gasteiger partial charge in [-0.2, -0.15) is 0 Å². The van der Waals surface area contributed by atoms with Crippen LogP contribution in [-0.2, 0) is 32.0 Å². The van der Waals surface area contributed by atoms with Crippen LogP contribution >= 0.6 is 0 Å². The molecule has 0 spiro atoms. The van der Waals surface area contributed by atoms with Crippen LogP contribution in [0.5, 0.6) is 23.0 Å². The molecule has 2 atom stereocenters. The molecule has 2 aliphatic heterocycles. The SMILES string of the molecule is C.Cc1c(Oc2ccc(C(C)NC(=O)OC(C)(C)C)cc2F)ccc2c1B(O)OC2.Cc1c(Oc2ccc(C(C)NC(=O)OC(C)(C)C)cc2F)ccc2c1B(O)OC2.[H-].[HH].[K+]. The first-order chi connectivity index (χ1) is 27.1. The quantitative estimate of drug-likeness (QED) is 0.168. The number of hydrogen-bond acceptors (Lipinski definition) is 10. The number of carbonyl (C=O) groups is 2. The molecule has 0 saturated carbocycles. The van der Waals surface area contributed by atoms with Crippen molar-refractivity contribution in [3.8, 4) is 23.0 Å². The van der Waals surface area contributed by atoms with Gasteiger partial charge in [0.05, 0.1) is 25.3 Å². The fourth-order valence-corrected chi connectivity index (χ4v) is 6.30. The minimum atomic E-state index is -0.999. The molecule has 0 saturated heterocycles. The molecule has 0 aromatic heterocycles. The van der Waals surface area contributed by atoms with Gasteiger partial charge in [-0.25, -0.2) is 18.4 Å². The number of carbonyl (C=O) groups excluding carboxylic acids is 2. The standard InChI is InChI=1S/2C21H25BFNO5.CH4.K.H2.H/c2*1-12-17(8-7-15-11-27-22(26)19(12)15)28-18-9-6-14(10-16(18)23)13(2)24-20(25)29-21(3,4)5;;;;/h2*6-10,13,26H,11H2,1-5H3,(H,24,25);1H4;;1H;/q;;;+1;;-1. The fourth-order valence-electron chi connectivity index (χ4n) is 6.30. The van der Waals surface area contributed by atoms with Crippen molar-refractivity contribution < 1.29 is 111 Å². The third kappa shape index (κ3) is 13.2. The Balaban J connectivity index is 0.000000582. The van der Waals surface area contributed by atoms with E-state index in [1.54, 1.807) is 106 Å². The molecule has 12 nitrogen and oxygen atoms in total. The summed E-state index contributed by atoms with van der Waals surface area (Å²) < 4.78 is 61.7. The number of halogens is 2. The number of rotatable bonds is 8. The van der Waals surface area contributed by atoms with E-state index >= 15 is 0 Å². The zero-order valence-electron chi connectivity index (χ0n) is 36.4. The molecule has 4 aromatic carbocycles. The van der Waals surface area contributed by atoms with Crippen LogP contribution in [0.15, 0.2) is 60.7 Å². The Morgan fingerprint density at radius 3 is 1.33 bits per heavy atom. The van der Waals surface area contributed by atoms with E-state index < -0.39 is 61.3 Å². The molecule has 2 unspecified atom stereocenters. The van der Waals surface area contributed by atoms with Crippen molar-refractivity contribution in [2.45, 2.75) is 113 Å². The van der Waals surface area contributed by atoms with Gasteiger partial charge in [-0.3, -0.25) is 0 Å². The van der Waals surface area contributed by atoms with Gasteiger partial charge in [-0.15, -0.1) is 0 Å². The minimum absolute atomic E-state index is 0. The molecule has 0 bridgehead atoms. The van der Waals surface area contributed by atoms with Gasteiger partial charge in [0.2, 0.25) is 0 Å². The number of alkyl carbamates (subject to hydrolysis) is 2. The maximum absolute atomic E-state index is 14.6. The number of amides is 2. The maximum atomic E-state index is 14.6. The summed E-state index contributed by atoms with van der Waals surface area (Å²) in [6.45, 7) is 18.4. The van der Waals surface area contributed by atoms with Crippen LogP contribution in [0.3, 0.4) is 0 Å². The number of ether oxygens (including phenoxy) is 4. The zero-order chi connectivity index (χ0) is 42.7. The third-order valence-electron chi connectivity index (χ3n) is 9.22. The average molecular weight is 861 g/mol. The maximum Gasteiger partial charge on any atom is 1.00 e. The van der Waals surface area contributed by atoms with Gasteiger partial charge in [0.15, 0.2) is 23.1 Å². The van der Waals surface area contributed by atoms with Crippen LogP contribution in [0.25, 0.3) is 0 Å². The summed E-state index contributed by atoms with van der Waals surface area (Å²) in [5.74, 6) is -0.127. The van der Waals surface area contributed by atoms with E-state index in [4.69, 9.17) is 28.3 Å². The molecule has 2 aliphatic rings. The molecule has 4 N–H and O–H groups in total. The van der Waals surface area contributed by atoms with Gasteiger partial charge in [0, 0.05) is 1.43 Å². The molecule has 2 heterocycles. The van der Waals surface area contributed by atoms with E-state index in [-0.39, 0.29) is 73.2 Å². The van der Waals surface area contributed by atoms with Gasteiger partial charge in [0.1, 0.15) is 22.7 Å². The second-order valence-corrected chi connectivity index (χ2v) is 16.2. The van der Waals surface area contributed by atoms with Crippen molar-refractivity contribution in [1.82, 2.24) is 10.6 Å². The van der Waals surface area contributed by atoms with Crippen LogP contribution in [0.4, 0.5) is 18.4 Å². The second kappa shape index (κ2) is 21.0. The van der Waals surface area contributed by atoms with Crippen LogP contribution in [0, 0.1) is 25.5 Å². The van der Waals surface area contributed by atoms with Gasteiger partial charge in [-0.05, 0) is 150 Å². The summed E-state index contributed by atoms with van der Waals surface area (Å²) in [4.78, 5) is 23.8. The number of fused-ring (bicyclic) bond motifs is 2. The van der Waals surface area contributed by atoms with E-state index in [9.17, 15) is 28.4 Å². The van der Waals surface area contributed by atoms with E-state index in [1.807, 2.05) is 0 Å². The monoisotopic (exact) mass is 860 g/mol.